The van der Waals surface area contributed by atoms with E-state index in [2.05, 4.69) is 6.58 Å². The molecule has 1 aromatic rings. The lowest BCUT2D eigenvalue weighted by Gasteiger charge is -2.08. The average Bonchev–Trinajstić information content (AvgIpc) is 2.97. The number of ether oxygens (including phenoxy) is 1. The highest BCUT2D eigenvalue weighted by Crippen LogP contribution is 2.47. The first-order valence-corrected chi connectivity index (χ1v) is 6.82. The molecule has 1 saturated heterocycles. The van der Waals surface area contributed by atoms with Crippen molar-refractivity contribution in [2.45, 2.75) is 6.42 Å². The lowest BCUT2D eigenvalue weighted by molar-refractivity contribution is -0.154. The van der Waals surface area contributed by atoms with Crippen molar-refractivity contribution in [1.29, 1.82) is 0 Å². The molecule has 2 unspecified atom stereocenters. The quantitative estimate of drug-likeness (QED) is 0.481. The van der Waals surface area contributed by atoms with Gasteiger partial charge < -0.3 is 4.74 Å². The number of fused-ring (bicyclic) bond motifs is 1. The summed E-state index contributed by atoms with van der Waals surface area (Å²) in [6, 6.07) is 9.91. The van der Waals surface area contributed by atoms with E-state index in [4.69, 9.17) is 4.74 Å². The molecule has 2 aliphatic rings. The number of carbonyl (C=O) groups is 2. The SMILES string of the molecule is C=C[C@@H]1CC(/C=C/c2ccccc2)C2C(=O)OC(=O)[C@H]21. The minimum absolute atomic E-state index is 0.0318. The van der Waals surface area contributed by atoms with Gasteiger partial charge in [0.2, 0.25) is 0 Å². The van der Waals surface area contributed by atoms with E-state index < -0.39 is 0 Å². The highest BCUT2D eigenvalue weighted by molar-refractivity contribution is 5.97. The van der Waals surface area contributed by atoms with Crippen LogP contribution in [0.5, 0.6) is 0 Å². The number of allylic oxidation sites excluding steroid dienone is 2. The number of hydrogen-bond acceptors (Lipinski definition) is 3. The van der Waals surface area contributed by atoms with Crippen LogP contribution in [0.3, 0.4) is 0 Å². The number of rotatable bonds is 3. The van der Waals surface area contributed by atoms with Crippen LogP contribution >= 0.6 is 0 Å². The number of benzene rings is 1. The van der Waals surface area contributed by atoms with Crippen molar-refractivity contribution in [2.75, 3.05) is 0 Å². The topological polar surface area (TPSA) is 43.4 Å². The second-order valence-electron chi connectivity index (χ2n) is 5.36. The zero-order valence-electron chi connectivity index (χ0n) is 11.1. The largest absolute Gasteiger partial charge is 0.393 e. The van der Waals surface area contributed by atoms with Crippen molar-refractivity contribution >= 4 is 18.0 Å². The lowest BCUT2D eigenvalue weighted by atomic mass is 9.89. The zero-order valence-corrected chi connectivity index (χ0v) is 11.1. The van der Waals surface area contributed by atoms with Gasteiger partial charge in [-0.2, -0.15) is 0 Å². The van der Waals surface area contributed by atoms with Gasteiger partial charge in [-0.15, -0.1) is 6.58 Å². The molecule has 2 fully saturated rings. The number of esters is 2. The molecule has 0 radical (unpaired) electrons. The minimum Gasteiger partial charge on any atom is -0.393 e. The van der Waals surface area contributed by atoms with E-state index in [9.17, 15) is 9.59 Å². The molecule has 1 aliphatic carbocycles. The van der Waals surface area contributed by atoms with Gasteiger partial charge in [0.25, 0.3) is 0 Å². The molecular weight excluding hydrogens is 252 g/mol. The van der Waals surface area contributed by atoms with Crippen LogP contribution in [-0.4, -0.2) is 11.9 Å². The Kier molecular flexibility index (Phi) is 3.26. The summed E-state index contributed by atoms with van der Waals surface area (Å²) in [7, 11) is 0. The van der Waals surface area contributed by atoms with Crippen LogP contribution in [0.2, 0.25) is 0 Å². The predicted octanol–water partition coefficient (Wildman–Crippen LogP) is 2.84. The normalized spacial score (nSPS) is 32.4. The molecule has 0 aromatic heterocycles. The second-order valence-corrected chi connectivity index (χ2v) is 5.36. The summed E-state index contributed by atoms with van der Waals surface area (Å²) in [5, 5.41) is 0. The second kappa shape index (κ2) is 5.08. The van der Waals surface area contributed by atoms with Crippen LogP contribution < -0.4 is 0 Å². The highest BCUT2D eigenvalue weighted by Gasteiger charge is 2.55. The van der Waals surface area contributed by atoms with Crippen molar-refractivity contribution < 1.29 is 14.3 Å². The van der Waals surface area contributed by atoms with Gasteiger partial charge in [0, 0.05) is 0 Å². The molecule has 0 bridgehead atoms. The maximum Gasteiger partial charge on any atom is 0.318 e. The van der Waals surface area contributed by atoms with Gasteiger partial charge >= 0.3 is 11.9 Å². The summed E-state index contributed by atoms with van der Waals surface area (Å²) in [5.41, 5.74) is 1.09. The number of carbonyl (C=O) groups excluding carboxylic acids is 2. The summed E-state index contributed by atoms with van der Waals surface area (Å²) in [6.45, 7) is 3.77. The molecule has 4 atom stereocenters. The Balaban J connectivity index is 1.84. The van der Waals surface area contributed by atoms with Crippen LogP contribution in [0.1, 0.15) is 12.0 Å². The summed E-state index contributed by atoms with van der Waals surface area (Å²) in [4.78, 5) is 23.6. The van der Waals surface area contributed by atoms with Crippen LogP contribution in [0.25, 0.3) is 6.08 Å². The number of hydrogen-bond donors (Lipinski definition) is 0. The van der Waals surface area contributed by atoms with E-state index in [0.29, 0.717) is 0 Å². The predicted molar refractivity (Wildman–Crippen MR) is 75.3 cm³/mol. The van der Waals surface area contributed by atoms with E-state index in [1.165, 1.54) is 0 Å². The van der Waals surface area contributed by atoms with E-state index in [0.717, 1.165) is 12.0 Å². The summed E-state index contributed by atoms with van der Waals surface area (Å²) >= 11 is 0. The smallest absolute Gasteiger partial charge is 0.318 e. The molecule has 1 saturated carbocycles. The Bertz CT molecular complexity index is 573. The van der Waals surface area contributed by atoms with E-state index in [1.807, 2.05) is 42.5 Å². The molecule has 3 rings (SSSR count). The van der Waals surface area contributed by atoms with Crippen LogP contribution in [-0.2, 0) is 14.3 Å². The van der Waals surface area contributed by atoms with E-state index in [-0.39, 0.29) is 35.6 Å². The molecule has 0 N–H and O–H groups in total. The summed E-state index contributed by atoms with van der Waals surface area (Å²) < 4.78 is 4.78. The summed E-state index contributed by atoms with van der Waals surface area (Å²) in [5.74, 6) is -1.38. The summed E-state index contributed by atoms with van der Waals surface area (Å²) in [6.07, 6.45) is 6.58. The first-order valence-electron chi connectivity index (χ1n) is 6.82. The fourth-order valence-corrected chi connectivity index (χ4v) is 3.26. The van der Waals surface area contributed by atoms with Crippen molar-refractivity contribution in [1.82, 2.24) is 0 Å². The lowest BCUT2D eigenvalue weighted by Crippen LogP contribution is -2.19. The minimum atomic E-state index is -0.388. The van der Waals surface area contributed by atoms with Gasteiger partial charge in [-0.25, -0.2) is 0 Å². The molecule has 0 amide bonds. The Hall–Kier alpha value is -2.16. The third kappa shape index (κ3) is 2.09. The van der Waals surface area contributed by atoms with Crippen molar-refractivity contribution in [2.24, 2.45) is 23.7 Å². The average molecular weight is 268 g/mol. The maximum absolute atomic E-state index is 11.8. The van der Waals surface area contributed by atoms with E-state index >= 15 is 0 Å². The molecule has 1 aliphatic heterocycles. The fraction of sp³-hybridized carbons (Fsp3) is 0.294. The molecule has 3 heteroatoms. The first-order chi connectivity index (χ1) is 9.70. The molecule has 0 spiro atoms. The van der Waals surface area contributed by atoms with Gasteiger partial charge in [-0.1, -0.05) is 48.6 Å². The number of cyclic esters (lactones) is 2. The van der Waals surface area contributed by atoms with Crippen LogP contribution in [0, 0.1) is 23.7 Å². The monoisotopic (exact) mass is 268 g/mol. The Morgan fingerprint density at radius 1 is 1.05 bits per heavy atom. The maximum atomic E-state index is 11.8. The van der Waals surface area contributed by atoms with Crippen molar-refractivity contribution in [3.8, 4) is 0 Å². The van der Waals surface area contributed by atoms with Crippen LogP contribution in [0.4, 0.5) is 0 Å². The molecule has 102 valence electrons. The Labute approximate surface area is 117 Å². The van der Waals surface area contributed by atoms with Gasteiger partial charge in [0.15, 0.2) is 0 Å². The van der Waals surface area contributed by atoms with Gasteiger partial charge in [-0.3, -0.25) is 9.59 Å². The molecule has 3 nitrogen and oxygen atoms in total. The highest BCUT2D eigenvalue weighted by atomic mass is 16.6. The molecule has 1 aromatic carbocycles. The first kappa shape index (κ1) is 12.9. The van der Waals surface area contributed by atoms with Gasteiger partial charge in [0.1, 0.15) is 0 Å². The molecule has 20 heavy (non-hydrogen) atoms. The standard InChI is InChI=1S/C17H16O3/c1-2-12-10-13(9-8-11-6-4-3-5-7-11)15-14(12)16(18)20-17(15)19/h2-9,12-15H,1,10H2/b9-8+/t12-,13?,14+,15?/m1/s1. The van der Waals surface area contributed by atoms with Crippen molar-refractivity contribution in [3.63, 3.8) is 0 Å². The molecule has 1 heterocycles. The van der Waals surface area contributed by atoms with Crippen LogP contribution in [0.15, 0.2) is 49.1 Å². The van der Waals surface area contributed by atoms with Gasteiger partial charge in [0.05, 0.1) is 11.8 Å². The van der Waals surface area contributed by atoms with E-state index in [1.54, 1.807) is 6.08 Å². The zero-order chi connectivity index (χ0) is 14.1. The van der Waals surface area contributed by atoms with Crippen molar-refractivity contribution in [3.05, 3.63) is 54.6 Å². The fourth-order valence-electron chi connectivity index (χ4n) is 3.26. The third-order valence-corrected chi connectivity index (χ3v) is 4.24. The Morgan fingerprint density at radius 2 is 1.70 bits per heavy atom. The third-order valence-electron chi connectivity index (χ3n) is 4.24. The van der Waals surface area contributed by atoms with Gasteiger partial charge in [-0.05, 0) is 23.8 Å². The Morgan fingerprint density at radius 3 is 2.35 bits per heavy atom. The molecular formula is C17H16O3.